The molecule has 0 aromatic heterocycles. The lowest BCUT2D eigenvalue weighted by Gasteiger charge is -2.29. The second-order valence-corrected chi connectivity index (χ2v) is 4.92. The quantitative estimate of drug-likeness (QED) is 0.830. The van der Waals surface area contributed by atoms with Crippen molar-refractivity contribution >= 4 is 17.2 Å². The molecule has 17 heavy (non-hydrogen) atoms. The van der Waals surface area contributed by atoms with E-state index in [2.05, 4.69) is 11.9 Å². The van der Waals surface area contributed by atoms with Crippen LogP contribution in [0, 0.1) is 0 Å². The van der Waals surface area contributed by atoms with Crippen molar-refractivity contribution in [1.82, 2.24) is 4.90 Å². The SMILES string of the molecule is CN1CCC(Oc2ccccc2C(N)=S)CC1. The molecular formula is C13H18N2OS. The normalized spacial score (nSPS) is 17.9. The summed E-state index contributed by atoms with van der Waals surface area (Å²) < 4.78 is 6.00. The average molecular weight is 250 g/mol. The van der Waals surface area contributed by atoms with Crippen molar-refractivity contribution in [2.45, 2.75) is 18.9 Å². The summed E-state index contributed by atoms with van der Waals surface area (Å²) in [6.45, 7) is 2.17. The maximum Gasteiger partial charge on any atom is 0.129 e. The molecule has 2 N–H and O–H groups in total. The summed E-state index contributed by atoms with van der Waals surface area (Å²) in [7, 11) is 2.14. The molecule has 0 amide bonds. The molecule has 2 rings (SSSR count). The fourth-order valence-corrected chi connectivity index (χ4v) is 2.22. The van der Waals surface area contributed by atoms with Crippen LogP contribution in [0.5, 0.6) is 5.75 Å². The molecule has 0 aliphatic carbocycles. The molecule has 1 aromatic carbocycles. The highest BCUT2D eigenvalue weighted by Crippen LogP contribution is 2.22. The first-order valence-electron chi connectivity index (χ1n) is 5.91. The van der Waals surface area contributed by atoms with Gasteiger partial charge in [0.1, 0.15) is 16.8 Å². The Morgan fingerprint density at radius 3 is 2.65 bits per heavy atom. The third-order valence-corrected chi connectivity index (χ3v) is 3.33. The Bertz CT molecular complexity index is 400. The average Bonchev–Trinajstić information content (AvgIpc) is 2.32. The lowest BCUT2D eigenvalue weighted by molar-refractivity contribution is 0.114. The number of likely N-dealkylation sites (tertiary alicyclic amines) is 1. The van der Waals surface area contributed by atoms with E-state index in [0.717, 1.165) is 37.2 Å². The first kappa shape index (κ1) is 12.3. The van der Waals surface area contributed by atoms with Gasteiger partial charge in [-0.2, -0.15) is 0 Å². The zero-order valence-corrected chi connectivity index (χ0v) is 10.9. The highest BCUT2D eigenvalue weighted by molar-refractivity contribution is 7.80. The van der Waals surface area contributed by atoms with Gasteiger partial charge in [0.15, 0.2) is 0 Å². The Hall–Kier alpha value is -1.13. The van der Waals surface area contributed by atoms with Gasteiger partial charge in [0, 0.05) is 13.1 Å². The molecule has 0 radical (unpaired) electrons. The van der Waals surface area contributed by atoms with Gasteiger partial charge in [-0.1, -0.05) is 24.4 Å². The van der Waals surface area contributed by atoms with Crippen molar-refractivity contribution in [3.8, 4) is 5.75 Å². The minimum atomic E-state index is 0.279. The predicted molar refractivity (Wildman–Crippen MR) is 73.5 cm³/mol. The number of nitrogens with zero attached hydrogens (tertiary/aromatic N) is 1. The van der Waals surface area contributed by atoms with Crippen molar-refractivity contribution in [1.29, 1.82) is 0 Å². The summed E-state index contributed by atoms with van der Waals surface area (Å²) in [4.78, 5) is 2.72. The fraction of sp³-hybridized carbons (Fsp3) is 0.462. The van der Waals surface area contributed by atoms with Crippen molar-refractivity contribution in [2.75, 3.05) is 20.1 Å². The van der Waals surface area contributed by atoms with E-state index in [9.17, 15) is 0 Å². The molecule has 0 unspecified atom stereocenters. The van der Waals surface area contributed by atoms with Crippen LogP contribution in [-0.4, -0.2) is 36.1 Å². The fourth-order valence-electron chi connectivity index (χ4n) is 2.06. The Labute approximate surface area is 108 Å². The van der Waals surface area contributed by atoms with Gasteiger partial charge in [-0.05, 0) is 32.0 Å². The van der Waals surface area contributed by atoms with Gasteiger partial charge in [0.25, 0.3) is 0 Å². The number of hydrogen-bond acceptors (Lipinski definition) is 3. The van der Waals surface area contributed by atoms with Crippen LogP contribution in [0.1, 0.15) is 18.4 Å². The number of thiocarbonyl (C=S) groups is 1. The van der Waals surface area contributed by atoms with E-state index < -0.39 is 0 Å². The predicted octanol–water partition coefficient (Wildman–Crippen LogP) is 1.79. The standard InChI is InChI=1S/C13H18N2OS/c1-15-8-6-10(7-9-15)16-12-5-3-2-4-11(12)13(14)17/h2-5,10H,6-9H2,1H3,(H2,14,17). The van der Waals surface area contributed by atoms with Crippen molar-refractivity contribution in [2.24, 2.45) is 5.73 Å². The second kappa shape index (κ2) is 5.47. The molecular weight excluding hydrogens is 232 g/mol. The van der Waals surface area contributed by atoms with Gasteiger partial charge in [0.2, 0.25) is 0 Å². The number of piperidine rings is 1. The van der Waals surface area contributed by atoms with Crippen LogP contribution >= 0.6 is 12.2 Å². The molecule has 4 heteroatoms. The molecule has 0 spiro atoms. The maximum atomic E-state index is 6.00. The first-order valence-corrected chi connectivity index (χ1v) is 6.31. The molecule has 1 fully saturated rings. The Morgan fingerprint density at radius 2 is 2.00 bits per heavy atom. The van der Waals surface area contributed by atoms with E-state index in [0.29, 0.717) is 4.99 Å². The third kappa shape index (κ3) is 3.17. The van der Waals surface area contributed by atoms with Crippen molar-refractivity contribution in [3.63, 3.8) is 0 Å². The van der Waals surface area contributed by atoms with Gasteiger partial charge in [-0.15, -0.1) is 0 Å². The van der Waals surface area contributed by atoms with Crippen LogP contribution in [-0.2, 0) is 0 Å². The van der Waals surface area contributed by atoms with Crippen molar-refractivity contribution in [3.05, 3.63) is 29.8 Å². The molecule has 92 valence electrons. The molecule has 0 atom stereocenters. The number of para-hydroxylation sites is 1. The molecule has 1 aliphatic heterocycles. The molecule has 1 aromatic rings. The van der Waals surface area contributed by atoms with Crippen molar-refractivity contribution < 1.29 is 4.74 Å². The molecule has 0 bridgehead atoms. The number of ether oxygens (including phenoxy) is 1. The molecule has 0 saturated carbocycles. The van der Waals surface area contributed by atoms with Crippen LogP contribution in [0.2, 0.25) is 0 Å². The second-order valence-electron chi connectivity index (χ2n) is 4.48. The van der Waals surface area contributed by atoms with Crippen LogP contribution in [0.25, 0.3) is 0 Å². The van der Waals surface area contributed by atoms with E-state index in [1.54, 1.807) is 0 Å². The van der Waals surface area contributed by atoms with Crippen LogP contribution in [0.15, 0.2) is 24.3 Å². The molecule has 1 saturated heterocycles. The molecule has 1 aliphatic rings. The van der Waals surface area contributed by atoms with Gasteiger partial charge in [-0.3, -0.25) is 0 Å². The Balaban J connectivity index is 2.05. The zero-order chi connectivity index (χ0) is 12.3. The summed E-state index contributed by atoms with van der Waals surface area (Å²) in [6, 6.07) is 7.72. The third-order valence-electron chi connectivity index (χ3n) is 3.11. The number of rotatable bonds is 3. The summed E-state index contributed by atoms with van der Waals surface area (Å²) >= 11 is 5.03. The van der Waals surface area contributed by atoms with Crippen LogP contribution in [0.4, 0.5) is 0 Å². The van der Waals surface area contributed by atoms with Crippen LogP contribution < -0.4 is 10.5 Å². The van der Waals surface area contributed by atoms with E-state index >= 15 is 0 Å². The summed E-state index contributed by atoms with van der Waals surface area (Å²) in [5.74, 6) is 0.814. The first-order chi connectivity index (χ1) is 8.16. The lowest BCUT2D eigenvalue weighted by atomic mass is 10.1. The molecule has 1 heterocycles. The summed E-state index contributed by atoms with van der Waals surface area (Å²) in [5.41, 5.74) is 6.52. The van der Waals surface area contributed by atoms with E-state index in [1.807, 2.05) is 24.3 Å². The maximum absolute atomic E-state index is 6.00. The smallest absolute Gasteiger partial charge is 0.129 e. The highest BCUT2D eigenvalue weighted by atomic mass is 32.1. The van der Waals surface area contributed by atoms with Gasteiger partial charge >= 0.3 is 0 Å². The largest absolute Gasteiger partial charge is 0.490 e. The zero-order valence-electron chi connectivity index (χ0n) is 10.1. The Kier molecular flexibility index (Phi) is 3.97. The van der Waals surface area contributed by atoms with E-state index in [-0.39, 0.29) is 6.10 Å². The van der Waals surface area contributed by atoms with E-state index in [1.165, 1.54) is 0 Å². The number of nitrogens with two attached hydrogens (primary N) is 1. The number of benzene rings is 1. The van der Waals surface area contributed by atoms with Crippen LogP contribution in [0.3, 0.4) is 0 Å². The van der Waals surface area contributed by atoms with Gasteiger partial charge in [0.05, 0.1) is 5.56 Å². The summed E-state index contributed by atoms with van der Waals surface area (Å²) in [6.07, 6.45) is 2.39. The topological polar surface area (TPSA) is 38.5 Å². The number of hydrogen-bond donors (Lipinski definition) is 1. The lowest BCUT2D eigenvalue weighted by Crippen LogP contribution is -2.36. The highest BCUT2D eigenvalue weighted by Gasteiger charge is 2.19. The monoisotopic (exact) mass is 250 g/mol. The van der Waals surface area contributed by atoms with Gasteiger partial charge < -0.3 is 15.4 Å². The van der Waals surface area contributed by atoms with Gasteiger partial charge in [-0.25, -0.2) is 0 Å². The minimum absolute atomic E-state index is 0.279. The Morgan fingerprint density at radius 1 is 1.35 bits per heavy atom. The minimum Gasteiger partial charge on any atom is -0.490 e. The molecule has 3 nitrogen and oxygen atoms in total. The van der Waals surface area contributed by atoms with E-state index in [4.69, 9.17) is 22.7 Å². The summed E-state index contributed by atoms with van der Waals surface area (Å²) in [5, 5.41) is 0.